The van der Waals surface area contributed by atoms with Crippen LogP contribution >= 0.6 is 11.6 Å². The van der Waals surface area contributed by atoms with Crippen molar-refractivity contribution in [2.45, 2.75) is 25.7 Å². The van der Waals surface area contributed by atoms with Crippen molar-refractivity contribution in [3.8, 4) is 0 Å². The maximum absolute atomic E-state index is 13.7. The van der Waals surface area contributed by atoms with E-state index in [0.29, 0.717) is 6.07 Å². The van der Waals surface area contributed by atoms with Gasteiger partial charge in [-0.15, -0.1) is 0 Å². The van der Waals surface area contributed by atoms with Crippen LogP contribution in [0.25, 0.3) is 0 Å². The number of benzene rings is 1. The van der Waals surface area contributed by atoms with Crippen LogP contribution in [0.1, 0.15) is 25.8 Å². The molecule has 94 valence electrons. The van der Waals surface area contributed by atoms with Gasteiger partial charge in [0.15, 0.2) is 11.6 Å². The van der Waals surface area contributed by atoms with Crippen LogP contribution in [0.2, 0.25) is 5.02 Å². The van der Waals surface area contributed by atoms with E-state index < -0.39 is 45.8 Å². The summed E-state index contributed by atoms with van der Waals surface area (Å²) < 4.78 is 40.3. The molecule has 0 spiro atoms. The molecule has 0 aliphatic rings. The first kappa shape index (κ1) is 13.8. The van der Waals surface area contributed by atoms with E-state index in [2.05, 4.69) is 0 Å². The third kappa shape index (κ3) is 2.72. The van der Waals surface area contributed by atoms with Crippen LogP contribution in [0.4, 0.5) is 13.2 Å². The zero-order valence-electron chi connectivity index (χ0n) is 9.15. The lowest BCUT2D eigenvalue weighted by Gasteiger charge is -2.24. The molecule has 0 bridgehead atoms. The molecule has 0 radical (unpaired) electrons. The molecule has 0 saturated carbocycles. The van der Waals surface area contributed by atoms with Crippen molar-refractivity contribution >= 4 is 17.6 Å². The predicted molar refractivity (Wildman–Crippen MR) is 56.6 cm³/mol. The van der Waals surface area contributed by atoms with Gasteiger partial charge in [-0.1, -0.05) is 25.4 Å². The van der Waals surface area contributed by atoms with Gasteiger partial charge in [0.1, 0.15) is 5.82 Å². The maximum atomic E-state index is 13.7. The second kappa shape index (κ2) is 4.56. The minimum atomic E-state index is -1.40. The number of aliphatic carboxylic acids is 1. The fourth-order valence-electron chi connectivity index (χ4n) is 1.63. The fraction of sp³-hybridized carbons (Fsp3) is 0.364. The average molecular weight is 267 g/mol. The Bertz CT molecular complexity index is 446. The molecule has 0 aromatic heterocycles. The molecule has 1 aromatic carbocycles. The Morgan fingerprint density at radius 2 is 1.88 bits per heavy atom. The van der Waals surface area contributed by atoms with Gasteiger partial charge < -0.3 is 5.11 Å². The Hall–Kier alpha value is -1.23. The fourth-order valence-corrected chi connectivity index (χ4v) is 1.82. The first-order chi connectivity index (χ1) is 7.66. The maximum Gasteiger partial charge on any atom is 0.304 e. The van der Waals surface area contributed by atoms with Crippen molar-refractivity contribution in [2.75, 3.05) is 0 Å². The minimum absolute atomic E-state index is 0.520. The van der Waals surface area contributed by atoms with E-state index >= 15 is 0 Å². The van der Waals surface area contributed by atoms with Gasteiger partial charge >= 0.3 is 5.97 Å². The normalized spacial score (nSPS) is 11.6. The number of hydrogen-bond acceptors (Lipinski definition) is 1. The van der Waals surface area contributed by atoms with E-state index in [1.807, 2.05) is 0 Å². The third-order valence-corrected chi connectivity index (χ3v) is 2.66. The first-order valence-electron chi connectivity index (χ1n) is 4.72. The molecular weight excluding hydrogens is 257 g/mol. The van der Waals surface area contributed by atoms with Crippen molar-refractivity contribution in [3.63, 3.8) is 0 Å². The molecule has 0 amide bonds. The summed E-state index contributed by atoms with van der Waals surface area (Å²) in [4.78, 5) is 10.6. The lowest BCUT2D eigenvalue weighted by atomic mass is 9.81. The molecule has 1 rings (SSSR count). The number of hydrogen-bond donors (Lipinski definition) is 1. The highest BCUT2D eigenvalue weighted by molar-refractivity contribution is 6.30. The van der Waals surface area contributed by atoms with Crippen molar-refractivity contribution in [1.29, 1.82) is 0 Å². The van der Waals surface area contributed by atoms with Gasteiger partial charge in [-0.25, -0.2) is 13.2 Å². The highest BCUT2D eigenvalue weighted by Gasteiger charge is 2.33. The minimum Gasteiger partial charge on any atom is -0.481 e. The second-order valence-corrected chi connectivity index (χ2v) is 4.70. The van der Waals surface area contributed by atoms with Gasteiger partial charge in [-0.05, 0) is 6.07 Å². The van der Waals surface area contributed by atoms with Crippen LogP contribution in [-0.4, -0.2) is 11.1 Å². The Labute approximate surface area is 101 Å². The summed E-state index contributed by atoms with van der Waals surface area (Å²) in [7, 11) is 0. The molecule has 0 saturated heterocycles. The van der Waals surface area contributed by atoms with Crippen molar-refractivity contribution in [3.05, 3.63) is 34.1 Å². The van der Waals surface area contributed by atoms with Gasteiger partial charge in [0, 0.05) is 11.0 Å². The predicted octanol–water partition coefficient (Wildman–Crippen LogP) is 3.51. The second-order valence-electron chi connectivity index (χ2n) is 4.30. The molecule has 1 aromatic rings. The molecule has 0 heterocycles. The molecule has 2 nitrogen and oxygen atoms in total. The van der Waals surface area contributed by atoms with Gasteiger partial charge in [0.25, 0.3) is 0 Å². The Morgan fingerprint density at radius 1 is 1.35 bits per heavy atom. The molecule has 0 aliphatic carbocycles. The number of carbonyl (C=O) groups is 1. The monoisotopic (exact) mass is 266 g/mol. The van der Waals surface area contributed by atoms with Gasteiger partial charge in [0.05, 0.1) is 11.4 Å². The molecule has 6 heteroatoms. The van der Waals surface area contributed by atoms with Crippen molar-refractivity contribution in [2.24, 2.45) is 0 Å². The van der Waals surface area contributed by atoms with Crippen molar-refractivity contribution in [1.82, 2.24) is 0 Å². The summed E-state index contributed by atoms with van der Waals surface area (Å²) in [6.45, 7) is 2.61. The van der Waals surface area contributed by atoms with Gasteiger partial charge in [-0.2, -0.15) is 0 Å². The standard InChI is InChI=1S/C11H10ClF3O2/c1-11(2,4-7(16)17)8-9(14)5(12)3-6(13)10(8)15/h3H,4H2,1-2H3,(H,16,17). The molecule has 17 heavy (non-hydrogen) atoms. The van der Waals surface area contributed by atoms with Gasteiger partial charge in [-0.3, -0.25) is 4.79 Å². The highest BCUT2D eigenvalue weighted by Crippen LogP contribution is 2.35. The van der Waals surface area contributed by atoms with Gasteiger partial charge in [0.2, 0.25) is 0 Å². The summed E-state index contributed by atoms with van der Waals surface area (Å²) >= 11 is 5.40. The number of carboxylic acids is 1. The van der Waals surface area contributed by atoms with Crippen LogP contribution in [0.15, 0.2) is 6.07 Å². The van der Waals surface area contributed by atoms with Crippen LogP contribution < -0.4 is 0 Å². The Balaban J connectivity index is 3.44. The highest BCUT2D eigenvalue weighted by atomic mass is 35.5. The molecule has 0 aliphatic heterocycles. The topological polar surface area (TPSA) is 37.3 Å². The first-order valence-corrected chi connectivity index (χ1v) is 5.10. The van der Waals surface area contributed by atoms with Crippen LogP contribution in [0.5, 0.6) is 0 Å². The molecule has 0 fully saturated rings. The number of rotatable bonds is 3. The molecule has 0 unspecified atom stereocenters. The van der Waals surface area contributed by atoms with E-state index in [1.54, 1.807) is 0 Å². The summed E-state index contributed by atoms with van der Waals surface area (Å²) in [6.07, 6.45) is -0.541. The summed E-state index contributed by atoms with van der Waals surface area (Å²) in [5.41, 5.74) is -2.05. The van der Waals surface area contributed by atoms with E-state index in [-0.39, 0.29) is 0 Å². The Kier molecular flexibility index (Phi) is 3.71. The SMILES string of the molecule is CC(C)(CC(=O)O)c1c(F)c(F)cc(Cl)c1F. The Morgan fingerprint density at radius 3 is 2.35 bits per heavy atom. The van der Waals surface area contributed by atoms with E-state index in [1.165, 1.54) is 13.8 Å². The average Bonchev–Trinajstić information content (AvgIpc) is 2.12. The van der Waals surface area contributed by atoms with Crippen LogP contribution in [0, 0.1) is 17.5 Å². The molecule has 0 atom stereocenters. The summed E-state index contributed by atoms with van der Waals surface area (Å²) in [5, 5.41) is 8.09. The van der Waals surface area contributed by atoms with E-state index in [4.69, 9.17) is 16.7 Å². The largest absolute Gasteiger partial charge is 0.481 e. The van der Waals surface area contributed by atoms with E-state index in [0.717, 1.165) is 0 Å². The zero-order valence-corrected chi connectivity index (χ0v) is 9.91. The lowest BCUT2D eigenvalue weighted by Crippen LogP contribution is -2.25. The number of halogens is 4. The van der Waals surface area contributed by atoms with Crippen molar-refractivity contribution < 1.29 is 23.1 Å². The molecule has 1 N–H and O–H groups in total. The quantitative estimate of drug-likeness (QED) is 0.850. The number of carboxylic acid groups (broad SMARTS) is 1. The smallest absolute Gasteiger partial charge is 0.304 e. The lowest BCUT2D eigenvalue weighted by molar-refractivity contribution is -0.138. The zero-order chi connectivity index (χ0) is 13.4. The van der Waals surface area contributed by atoms with Crippen LogP contribution in [-0.2, 0) is 10.2 Å². The van der Waals surface area contributed by atoms with Crippen LogP contribution in [0.3, 0.4) is 0 Å². The molecular formula is C11H10ClF3O2. The summed E-state index contributed by atoms with van der Waals surface area (Å²) in [5.74, 6) is -5.07. The third-order valence-electron chi connectivity index (χ3n) is 2.38. The summed E-state index contributed by atoms with van der Waals surface area (Å²) in [6, 6.07) is 0.520. The van der Waals surface area contributed by atoms with E-state index in [9.17, 15) is 18.0 Å².